The van der Waals surface area contributed by atoms with Crippen LogP contribution in [0.15, 0.2) is 0 Å². The van der Waals surface area contributed by atoms with Gasteiger partial charge in [0.25, 0.3) is 10.1 Å². The number of unbranched alkanes of at least 4 members (excludes halogenated alkanes) is 2. The third-order valence-electron chi connectivity index (χ3n) is 22.6. The molecule has 0 aromatic rings. The Bertz CT molecular complexity index is 1830. The third-order valence-corrected chi connectivity index (χ3v) is 23.3. The molecule has 0 aromatic carbocycles. The van der Waals surface area contributed by atoms with Gasteiger partial charge in [0.2, 0.25) is 5.91 Å². The molecule has 0 aromatic heterocycles. The molecule has 8 aliphatic carbocycles. The number of carboxylic acid groups (broad SMARTS) is 1. The van der Waals surface area contributed by atoms with E-state index in [1.54, 1.807) is 0 Å². The van der Waals surface area contributed by atoms with Gasteiger partial charge in [0.05, 0.1) is 30.2 Å². The van der Waals surface area contributed by atoms with Crippen LogP contribution in [0.4, 0.5) is 0 Å². The Kier molecular flexibility index (Phi) is 16.0. The topological polar surface area (TPSA) is 180 Å². The van der Waals surface area contributed by atoms with E-state index in [1.807, 2.05) is 0 Å². The lowest BCUT2D eigenvalue weighted by atomic mass is 9.43. The lowest BCUT2D eigenvalue weighted by Crippen LogP contribution is -2.58. The lowest BCUT2D eigenvalue weighted by molar-refractivity contribution is -0.178. The second-order valence-electron chi connectivity index (χ2n) is 25.7. The lowest BCUT2D eigenvalue weighted by Gasteiger charge is -2.62. The Morgan fingerprint density at radius 1 is 0.612 bits per heavy atom. The number of hydrogen-bond donors (Lipinski definition) is 5. The van der Waals surface area contributed by atoms with E-state index < -0.39 is 21.8 Å². The van der Waals surface area contributed by atoms with Crippen LogP contribution >= 0.6 is 0 Å². The number of rotatable bonds is 19. The average molecular weight is 960 g/mol. The molecule has 8 rings (SSSR count). The van der Waals surface area contributed by atoms with Crippen molar-refractivity contribution >= 4 is 22.0 Å². The van der Waals surface area contributed by atoms with E-state index >= 15 is 0 Å². The molecular weight excluding hydrogens is 867 g/mol. The van der Waals surface area contributed by atoms with Crippen molar-refractivity contribution in [3.8, 4) is 0 Å². The second kappa shape index (κ2) is 20.7. The van der Waals surface area contributed by atoms with Crippen LogP contribution in [-0.4, -0.2) is 90.1 Å². The number of carbonyl (C=O) groups is 2. The highest BCUT2D eigenvalue weighted by atomic mass is 32.2. The first-order chi connectivity index (χ1) is 31.7. The summed E-state index contributed by atoms with van der Waals surface area (Å²) in [6.45, 7) is 16.1. The highest BCUT2D eigenvalue weighted by Crippen LogP contribution is 2.70. The zero-order chi connectivity index (χ0) is 48.1. The molecule has 384 valence electrons. The van der Waals surface area contributed by atoms with Crippen molar-refractivity contribution < 1.29 is 47.4 Å². The van der Waals surface area contributed by atoms with Gasteiger partial charge in [-0.15, -0.1) is 0 Å². The highest BCUT2D eigenvalue weighted by molar-refractivity contribution is 7.85. The van der Waals surface area contributed by atoms with Gasteiger partial charge in [0.15, 0.2) is 0 Å². The summed E-state index contributed by atoms with van der Waals surface area (Å²) < 4.78 is 44.3. The molecule has 0 saturated heterocycles. The van der Waals surface area contributed by atoms with Gasteiger partial charge in [-0.1, -0.05) is 41.5 Å². The van der Waals surface area contributed by atoms with Crippen molar-refractivity contribution in [2.75, 3.05) is 25.5 Å². The van der Waals surface area contributed by atoms with Crippen molar-refractivity contribution in [2.45, 2.75) is 214 Å². The molecule has 8 aliphatic rings. The van der Waals surface area contributed by atoms with Crippen molar-refractivity contribution in [1.82, 2.24) is 5.32 Å². The van der Waals surface area contributed by atoms with E-state index in [-0.39, 0.29) is 64.9 Å². The number of carboxylic acids is 1. The quantitative estimate of drug-likeness (QED) is 0.0618. The number of aliphatic carboxylic acids is 1. The molecule has 12 heteroatoms. The van der Waals surface area contributed by atoms with Gasteiger partial charge in [-0.2, -0.15) is 8.42 Å². The maximum atomic E-state index is 12.5. The maximum absolute atomic E-state index is 12.5. The summed E-state index contributed by atoms with van der Waals surface area (Å²) >= 11 is 0. The molecule has 8 fully saturated rings. The van der Waals surface area contributed by atoms with E-state index in [9.17, 15) is 33.3 Å². The number of aliphatic hydroxyl groups excluding tert-OH is 2. The minimum Gasteiger partial charge on any atom is -0.481 e. The van der Waals surface area contributed by atoms with Crippen molar-refractivity contribution in [3.63, 3.8) is 0 Å². The van der Waals surface area contributed by atoms with E-state index in [0.29, 0.717) is 77.4 Å². The second-order valence-corrected chi connectivity index (χ2v) is 27.3. The number of carbonyl (C=O) groups excluding carboxylic acids is 1. The summed E-state index contributed by atoms with van der Waals surface area (Å²) in [7, 11) is -4.09. The van der Waals surface area contributed by atoms with Gasteiger partial charge in [-0.25, -0.2) is 0 Å². The predicted octanol–water partition coefficient (Wildman–Crippen LogP) is 10.1. The number of ether oxygens (including phenoxy) is 2. The van der Waals surface area contributed by atoms with Crippen LogP contribution in [0.2, 0.25) is 0 Å². The Labute approximate surface area is 405 Å². The van der Waals surface area contributed by atoms with Crippen LogP contribution in [0, 0.1) is 92.7 Å². The zero-order valence-electron chi connectivity index (χ0n) is 42.5. The van der Waals surface area contributed by atoms with E-state index in [0.717, 1.165) is 103 Å². The van der Waals surface area contributed by atoms with E-state index in [2.05, 4.69) is 46.9 Å². The molecule has 1 amide bonds. The summed E-state index contributed by atoms with van der Waals surface area (Å²) in [6.07, 6.45) is 23.3. The fourth-order valence-corrected chi connectivity index (χ4v) is 19.4. The van der Waals surface area contributed by atoms with Crippen LogP contribution in [-0.2, 0) is 29.2 Å². The van der Waals surface area contributed by atoms with Gasteiger partial charge in [0.1, 0.15) is 0 Å². The SMILES string of the molecule is C[C@H](CCC(=O)O)[C@H]1CC[C@@H]2C3[C@@H](CC[C@@]21C)[C@@]1(C)CC[C@H](OCCCCCO[C@H]2CC[C@@]4(C)C(C2)C[C@H](O)C2[C@H]5CC[C@H]([C@H](C)CCC(=O)NCCS(=O)(=O)O)[C@@]5(C)CC[C@H]24)CC1C[C@@H]3O. The van der Waals surface area contributed by atoms with Crippen LogP contribution in [0.1, 0.15) is 189 Å². The first-order valence-electron chi connectivity index (χ1n) is 27.7. The molecular formula is C55H93NO10S. The smallest absolute Gasteiger partial charge is 0.303 e. The maximum Gasteiger partial charge on any atom is 0.303 e. The number of nitrogens with one attached hydrogen (secondary N) is 1. The largest absolute Gasteiger partial charge is 0.481 e. The van der Waals surface area contributed by atoms with Crippen LogP contribution < -0.4 is 5.32 Å². The summed E-state index contributed by atoms with van der Waals surface area (Å²) in [5.74, 6) is 4.41. The monoisotopic (exact) mass is 960 g/mol. The Hall–Kier alpha value is -1.31. The molecule has 5 N–H and O–H groups in total. The van der Waals surface area contributed by atoms with E-state index in [4.69, 9.17) is 14.0 Å². The molecule has 0 aliphatic heterocycles. The highest BCUT2D eigenvalue weighted by Gasteiger charge is 2.65. The Balaban J connectivity index is 0.732. The summed E-state index contributed by atoms with van der Waals surface area (Å²) in [5, 5.41) is 35.8. The fraction of sp³-hybridized carbons (Fsp3) is 0.964. The first-order valence-corrected chi connectivity index (χ1v) is 29.3. The van der Waals surface area contributed by atoms with Gasteiger partial charge >= 0.3 is 5.97 Å². The molecule has 0 spiro atoms. The van der Waals surface area contributed by atoms with Crippen LogP contribution in [0.3, 0.4) is 0 Å². The van der Waals surface area contributed by atoms with Gasteiger partial charge in [0, 0.05) is 32.6 Å². The minimum absolute atomic E-state index is 0.0697. The van der Waals surface area contributed by atoms with Crippen molar-refractivity contribution in [3.05, 3.63) is 0 Å². The number of aliphatic hydroxyl groups is 2. The number of fused-ring (bicyclic) bond motifs is 10. The normalized spacial score (nSPS) is 45.6. The minimum atomic E-state index is -4.09. The molecule has 67 heavy (non-hydrogen) atoms. The summed E-state index contributed by atoms with van der Waals surface area (Å²) in [5.41, 5.74) is 0.877. The molecule has 0 radical (unpaired) electrons. The Morgan fingerprint density at radius 2 is 1.04 bits per heavy atom. The zero-order valence-corrected chi connectivity index (χ0v) is 43.3. The fourth-order valence-electron chi connectivity index (χ4n) is 19.0. The molecule has 0 heterocycles. The predicted molar refractivity (Wildman–Crippen MR) is 260 cm³/mol. The first kappa shape index (κ1) is 52.0. The van der Waals surface area contributed by atoms with Crippen LogP contribution in [0.25, 0.3) is 0 Å². The van der Waals surface area contributed by atoms with Crippen LogP contribution in [0.5, 0.6) is 0 Å². The summed E-state index contributed by atoms with van der Waals surface area (Å²) in [4.78, 5) is 23.8. The van der Waals surface area contributed by atoms with Gasteiger partial charge in [-0.05, 0) is 228 Å². The standard InChI is InChI=1S/C55H93NO10S/c1-34(10-16-48(59)56-26-29-67(62,63)64)40-12-14-42-50-44(20-24-54(40,42)5)52(3)22-18-38(30-36(52)32-46(50)57)65-27-8-7-9-28-66-39-19-23-53(4)37(31-39)33-47(58)51-43-15-13-41(35(2)11-17-49(60)61)55(43,6)25-21-45(51)53/h34-47,50-51,57-58H,7-33H2,1-6H3,(H,56,59)(H,60,61)(H,62,63,64)/t34-,35-,36?,37?,38+,39+,40-,41-,42-,43-,44-,45-,46+,47+,50?,51?,52+,53+,54-,55-/m1/s1. The Morgan fingerprint density at radius 3 is 1.49 bits per heavy atom. The van der Waals surface area contributed by atoms with E-state index in [1.165, 1.54) is 44.9 Å². The number of hydrogen-bond acceptors (Lipinski definition) is 8. The number of amides is 1. The van der Waals surface area contributed by atoms with Crippen molar-refractivity contribution in [2.24, 2.45) is 92.7 Å². The van der Waals surface area contributed by atoms with Gasteiger partial charge < -0.3 is 30.1 Å². The molecule has 4 unspecified atom stereocenters. The van der Waals surface area contributed by atoms with Gasteiger partial charge in [-0.3, -0.25) is 14.1 Å². The van der Waals surface area contributed by atoms with Crippen molar-refractivity contribution in [1.29, 1.82) is 0 Å². The molecule has 0 bridgehead atoms. The average Bonchev–Trinajstić information content (AvgIpc) is 3.81. The molecule has 20 atom stereocenters. The molecule has 8 saturated carbocycles. The third kappa shape index (κ3) is 10.5. The summed E-state index contributed by atoms with van der Waals surface area (Å²) in [6, 6.07) is 0. The molecule has 11 nitrogen and oxygen atoms in total.